The molecule has 0 saturated heterocycles. The Morgan fingerprint density at radius 1 is 0.960 bits per heavy atom. The quantitative estimate of drug-likeness (QED) is 0.534. The van der Waals surface area contributed by atoms with Gasteiger partial charge in [-0.2, -0.15) is 0 Å². The van der Waals surface area contributed by atoms with Crippen LogP contribution in [0.25, 0.3) is 0 Å². The van der Waals surface area contributed by atoms with Crippen molar-refractivity contribution < 1.29 is 14.3 Å². The summed E-state index contributed by atoms with van der Waals surface area (Å²) < 4.78 is 5.30. The van der Waals surface area contributed by atoms with Crippen molar-refractivity contribution in [2.75, 3.05) is 18.0 Å². The van der Waals surface area contributed by atoms with E-state index in [1.54, 1.807) is 43.3 Å². The summed E-state index contributed by atoms with van der Waals surface area (Å²) in [6.45, 7) is 7.52. The van der Waals surface area contributed by atoms with E-state index < -0.39 is 12.1 Å². The molecule has 2 aromatic carbocycles. The Balaban J connectivity index is 2.03. The number of carbonyl (C=O) groups is 2. The third-order valence-corrected chi connectivity index (χ3v) is 4.27. The van der Waals surface area contributed by atoms with Crippen molar-refractivity contribution in [1.82, 2.24) is 0 Å². The fourth-order valence-electron chi connectivity index (χ4n) is 2.53. The van der Waals surface area contributed by atoms with Crippen LogP contribution in [-0.4, -0.2) is 30.9 Å². The van der Waals surface area contributed by atoms with Crippen LogP contribution in [0, 0.1) is 0 Å². The Morgan fingerprint density at radius 2 is 1.48 bits per heavy atom. The first-order valence-electron chi connectivity index (χ1n) is 8.32. The lowest BCUT2D eigenvalue weighted by Crippen LogP contribution is -2.24. The van der Waals surface area contributed by atoms with E-state index in [-0.39, 0.29) is 5.78 Å². The van der Waals surface area contributed by atoms with Gasteiger partial charge in [0, 0.05) is 29.4 Å². The van der Waals surface area contributed by atoms with Crippen LogP contribution in [0.3, 0.4) is 0 Å². The van der Waals surface area contributed by atoms with Crippen molar-refractivity contribution >= 4 is 29.0 Å². The highest BCUT2D eigenvalue weighted by Crippen LogP contribution is 2.17. The highest BCUT2D eigenvalue weighted by atomic mass is 35.5. The van der Waals surface area contributed by atoms with Crippen molar-refractivity contribution in [1.29, 1.82) is 0 Å². The fraction of sp³-hybridized carbons (Fsp3) is 0.300. The van der Waals surface area contributed by atoms with Gasteiger partial charge < -0.3 is 9.64 Å². The second kappa shape index (κ2) is 8.67. The summed E-state index contributed by atoms with van der Waals surface area (Å²) in [4.78, 5) is 26.8. The number of hydrogen-bond acceptors (Lipinski definition) is 4. The zero-order chi connectivity index (χ0) is 18.4. The lowest BCUT2D eigenvalue weighted by molar-refractivity contribution is 0.0319. The molecular formula is C20H22ClNO3. The first-order chi connectivity index (χ1) is 12.0. The van der Waals surface area contributed by atoms with Gasteiger partial charge >= 0.3 is 5.97 Å². The normalized spacial score (nSPS) is 11.7. The first-order valence-corrected chi connectivity index (χ1v) is 8.69. The largest absolute Gasteiger partial charge is 0.451 e. The average Bonchev–Trinajstić information content (AvgIpc) is 2.63. The van der Waals surface area contributed by atoms with Gasteiger partial charge in [0.15, 0.2) is 6.10 Å². The summed E-state index contributed by atoms with van der Waals surface area (Å²) in [6, 6.07) is 13.7. The van der Waals surface area contributed by atoms with Crippen LogP contribution < -0.4 is 4.90 Å². The monoisotopic (exact) mass is 359 g/mol. The molecule has 0 unspecified atom stereocenters. The predicted octanol–water partition coefficient (Wildman–Crippen LogP) is 4.61. The van der Waals surface area contributed by atoms with Gasteiger partial charge in [0.1, 0.15) is 0 Å². The highest BCUT2D eigenvalue weighted by molar-refractivity contribution is 6.30. The number of carbonyl (C=O) groups excluding carboxylic acids is 2. The van der Waals surface area contributed by atoms with Crippen LogP contribution in [0.5, 0.6) is 0 Å². The molecule has 0 heterocycles. The molecule has 0 fully saturated rings. The molecule has 2 rings (SSSR count). The standard InChI is InChI=1S/C20H22ClNO3/c1-4-22(5-2)18-12-8-16(9-13-18)20(24)25-14(3)19(23)15-6-10-17(21)11-7-15/h6-14H,4-5H2,1-3H3/t14-/m0/s1. The fourth-order valence-corrected chi connectivity index (χ4v) is 2.65. The van der Waals surface area contributed by atoms with E-state index in [1.165, 1.54) is 0 Å². The van der Waals surface area contributed by atoms with Gasteiger partial charge in [-0.05, 0) is 69.3 Å². The van der Waals surface area contributed by atoms with Crippen LogP contribution in [0.15, 0.2) is 48.5 Å². The summed E-state index contributed by atoms with van der Waals surface area (Å²) >= 11 is 5.82. The number of ketones is 1. The number of nitrogens with zero attached hydrogens (tertiary/aromatic N) is 1. The number of halogens is 1. The van der Waals surface area contributed by atoms with Gasteiger partial charge in [-0.1, -0.05) is 11.6 Å². The third-order valence-electron chi connectivity index (χ3n) is 4.01. The lowest BCUT2D eigenvalue weighted by atomic mass is 10.1. The number of Topliss-reactive ketones (excluding diaryl/α,β-unsaturated/α-hetero) is 1. The maximum absolute atomic E-state index is 12.3. The third kappa shape index (κ3) is 4.83. The van der Waals surface area contributed by atoms with Gasteiger partial charge in [0.2, 0.25) is 5.78 Å². The van der Waals surface area contributed by atoms with Crippen molar-refractivity contribution in [3.8, 4) is 0 Å². The molecule has 0 bridgehead atoms. The second-order valence-electron chi connectivity index (χ2n) is 5.64. The number of anilines is 1. The van der Waals surface area contributed by atoms with E-state index >= 15 is 0 Å². The molecule has 0 aliphatic carbocycles. The van der Waals surface area contributed by atoms with Gasteiger partial charge in [0.25, 0.3) is 0 Å². The first kappa shape index (κ1) is 19.0. The molecule has 0 aliphatic heterocycles. The van der Waals surface area contributed by atoms with Gasteiger partial charge in [-0.15, -0.1) is 0 Å². The molecule has 0 amide bonds. The zero-order valence-electron chi connectivity index (χ0n) is 14.7. The Bertz CT molecular complexity index is 722. The minimum atomic E-state index is -0.865. The SMILES string of the molecule is CCN(CC)c1ccc(C(=O)O[C@@H](C)C(=O)c2ccc(Cl)cc2)cc1. The summed E-state index contributed by atoms with van der Waals surface area (Å²) in [5, 5.41) is 0.550. The number of rotatable bonds is 7. The van der Waals surface area contributed by atoms with Crippen molar-refractivity contribution in [3.05, 3.63) is 64.7 Å². The average molecular weight is 360 g/mol. The zero-order valence-corrected chi connectivity index (χ0v) is 15.4. The smallest absolute Gasteiger partial charge is 0.338 e. The molecule has 0 N–H and O–H groups in total. The van der Waals surface area contributed by atoms with Gasteiger partial charge in [0.05, 0.1) is 5.56 Å². The summed E-state index contributed by atoms with van der Waals surface area (Å²) in [5.74, 6) is -0.773. The topological polar surface area (TPSA) is 46.6 Å². The second-order valence-corrected chi connectivity index (χ2v) is 6.07. The molecule has 2 aromatic rings. The number of benzene rings is 2. The Kier molecular flexibility index (Phi) is 6.59. The van der Waals surface area contributed by atoms with Crippen LogP contribution >= 0.6 is 11.6 Å². The summed E-state index contributed by atoms with van der Waals surface area (Å²) in [5.41, 5.74) is 1.93. The van der Waals surface area contributed by atoms with E-state index in [2.05, 4.69) is 18.7 Å². The predicted molar refractivity (Wildman–Crippen MR) is 101 cm³/mol. The Morgan fingerprint density at radius 3 is 2.00 bits per heavy atom. The molecular weight excluding hydrogens is 338 g/mol. The van der Waals surface area contributed by atoms with E-state index in [9.17, 15) is 9.59 Å². The van der Waals surface area contributed by atoms with E-state index in [4.69, 9.17) is 16.3 Å². The molecule has 1 atom stereocenters. The summed E-state index contributed by atoms with van der Waals surface area (Å²) in [7, 11) is 0. The minimum Gasteiger partial charge on any atom is -0.451 e. The molecule has 5 heteroatoms. The molecule has 0 saturated carbocycles. The molecule has 0 aliphatic rings. The Hall–Kier alpha value is -2.33. The maximum Gasteiger partial charge on any atom is 0.338 e. The Labute approximate surface area is 153 Å². The minimum absolute atomic E-state index is 0.259. The van der Waals surface area contributed by atoms with Crippen molar-refractivity contribution in [2.24, 2.45) is 0 Å². The van der Waals surface area contributed by atoms with E-state index in [0.717, 1.165) is 18.8 Å². The molecule has 132 valence electrons. The van der Waals surface area contributed by atoms with Crippen LogP contribution in [0.1, 0.15) is 41.5 Å². The number of hydrogen-bond donors (Lipinski definition) is 0. The molecule has 0 radical (unpaired) electrons. The molecule has 25 heavy (non-hydrogen) atoms. The van der Waals surface area contributed by atoms with Crippen LogP contribution in [-0.2, 0) is 4.74 Å². The number of ether oxygens (including phenoxy) is 1. The number of esters is 1. The summed E-state index contributed by atoms with van der Waals surface area (Å²) in [6.07, 6.45) is -0.865. The maximum atomic E-state index is 12.3. The molecule has 4 nitrogen and oxygen atoms in total. The van der Waals surface area contributed by atoms with E-state index in [1.807, 2.05) is 12.1 Å². The van der Waals surface area contributed by atoms with Crippen molar-refractivity contribution in [3.63, 3.8) is 0 Å². The lowest BCUT2D eigenvalue weighted by Gasteiger charge is -2.21. The van der Waals surface area contributed by atoms with Gasteiger partial charge in [-0.25, -0.2) is 4.79 Å². The van der Waals surface area contributed by atoms with Gasteiger partial charge in [-0.3, -0.25) is 4.79 Å². The van der Waals surface area contributed by atoms with Crippen LogP contribution in [0.4, 0.5) is 5.69 Å². The van der Waals surface area contributed by atoms with Crippen LogP contribution in [0.2, 0.25) is 5.02 Å². The van der Waals surface area contributed by atoms with E-state index in [0.29, 0.717) is 16.1 Å². The molecule has 0 spiro atoms. The van der Waals surface area contributed by atoms with Crippen molar-refractivity contribution in [2.45, 2.75) is 26.9 Å². The molecule has 0 aromatic heterocycles. The highest BCUT2D eigenvalue weighted by Gasteiger charge is 2.20.